The molecule has 33 heavy (non-hydrogen) atoms. The van der Waals surface area contributed by atoms with E-state index in [2.05, 4.69) is 12.2 Å². The fourth-order valence-electron chi connectivity index (χ4n) is 4.52. The third-order valence-corrected chi connectivity index (χ3v) is 6.19. The lowest BCUT2D eigenvalue weighted by atomic mass is 9.83. The molecule has 0 spiro atoms. The molecule has 3 rings (SSSR count). The molecule has 1 fully saturated rings. The van der Waals surface area contributed by atoms with Gasteiger partial charge in [0.15, 0.2) is 11.5 Å². The Morgan fingerprint density at radius 2 is 1.76 bits per heavy atom. The van der Waals surface area contributed by atoms with Crippen molar-refractivity contribution in [3.63, 3.8) is 0 Å². The van der Waals surface area contributed by atoms with Gasteiger partial charge >= 0.3 is 0 Å². The number of unbranched alkanes of at least 4 members (excludes halogenated alkanes) is 1. The van der Waals surface area contributed by atoms with Crippen molar-refractivity contribution in [2.45, 2.75) is 45.2 Å². The van der Waals surface area contributed by atoms with E-state index in [1.165, 1.54) is 0 Å². The first-order chi connectivity index (χ1) is 16.0. The number of piperidine rings is 1. The summed E-state index contributed by atoms with van der Waals surface area (Å²) >= 11 is 0. The number of nitrogens with zero attached hydrogens (tertiary/aromatic N) is 1. The number of rotatable bonds is 10. The van der Waals surface area contributed by atoms with Crippen molar-refractivity contribution in [2.75, 3.05) is 27.9 Å². The molecule has 1 saturated heterocycles. The Labute approximate surface area is 196 Å². The van der Waals surface area contributed by atoms with Crippen molar-refractivity contribution in [2.24, 2.45) is 5.92 Å². The van der Waals surface area contributed by atoms with Gasteiger partial charge < -0.3 is 24.4 Å². The molecule has 2 atom stereocenters. The van der Waals surface area contributed by atoms with E-state index in [-0.39, 0.29) is 23.8 Å². The molecular weight excluding hydrogens is 420 g/mol. The molecule has 7 nitrogen and oxygen atoms in total. The van der Waals surface area contributed by atoms with Crippen LogP contribution in [0.1, 0.15) is 49.8 Å². The summed E-state index contributed by atoms with van der Waals surface area (Å²) in [5, 5.41) is 3.07. The summed E-state index contributed by atoms with van der Waals surface area (Å²) in [6.45, 7) is 3.01. The van der Waals surface area contributed by atoms with E-state index in [0.717, 1.165) is 24.0 Å². The number of hydrogen-bond donors (Lipinski definition) is 1. The van der Waals surface area contributed by atoms with Crippen LogP contribution in [0.2, 0.25) is 0 Å². The van der Waals surface area contributed by atoms with Crippen LogP contribution < -0.4 is 19.5 Å². The monoisotopic (exact) mass is 454 g/mol. The zero-order valence-corrected chi connectivity index (χ0v) is 19.9. The average molecular weight is 455 g/mol. The number of benzene rings is 2. The van der Waals surface area contributed by atoms with Gasteiger partial charge in [-0.25, -0.2) is 0 Å². The van der Waals surface area contributed by atoms with Crippen molar-refractivity contribution in [1.29, 1.82) is 0 Å². The first-order valence-corrected chi connectivity index (χ1v) is 11.5. The molecule has 0 aromatic heterocycles. The Hall–Kier alpha value is -3.22. The molecule has 1 N–H and O–H groups in total. The Morgan fingerprint density at radius 3 is 2.45 bits per heavy atom. The van der Waals surface area contributed by atoms with Gasteiger partial charge in [-0.15, -0.1) is 0 Å². The van der Waals surface area contributed by atoms with Crippen LogP contribution in [0, 0.1) is 5.92 Å². The van der Waals surface area contributed by atoms with E-state index in [0.29, 0.717) is 43.2 Å². The molecule has 1 aliphatic heterocycles. The van der Waals surface area contributed by atoms with E-state index in [1.807, 2.05) is 47.4 Å². The lowest BCUT2D eigenvalue weighted by molar-refractivity contribution is -0.143. The predicted octanol–water partition coefficient (Wildman–Crippen LogP) is 4.11. The number of carbonyl (C=O) groups is 2. The first kappa shape index (κ1) is 24.4. The fourth-order valence-corrected chi connectivity index (χ4v) is 4.52. The van der Waals surface area contributed by atoms with Gasteiger partial charge in [-0.05, 0) is 25.0 Å². The quantitative estimate of drug-likeness (QED) is 0.585. The largest absolute Gasteiger partial charge is 0.496 e. The molecule has 0 saturated carbocycles. The summed E-state index contributed by atoms with van der Waals surface area (Å²) in [5.41, 5.74) is 1.69. The van der Waals surface area contributed by atoms with Crippen LogP contribution >= 0.6 is 0 Å². The van der Waals surface area contributed by atoms with E-state index < -0.39 is 0 Å². The normalized spacial score (nSPS) is 18.1. The van der Waals surface area contributed by atoms with E-state index in [1.54, 1.807) is 21.3 Å². The second-order valence-corrected chi connectivity index (χ2v) is 8.14. The lowest BCUT2D eigenvalue weighted by Crippen LogP contribution is -2.48. The highest BCUT2D eigenvalue weighted by molar-refractivity contribution is 5.85. The van der Waals surface area contributed by atoms with Crippen LogP contribution in [0.15, 0.2) is 42.5 Å². The number of hydrogen-bond acceptors (Lipinski definition) is 5. The second kappa shape index (κ2) is 11.6. The third-order valence-electron chi connectivity index (χ3n) is 6.19. The maximum atomic E-state index is 13.5. The number of methoxy groups -OCH3 is 3. The van der Waals surface area contributed by atoms with Gasteiger partial charge in [0.25, 0.3) is 0 Å². The van der Waals surface area contributed by atoms with Gasteiger partial charge in [0, 0.05) is 30.6 Å². The van der Waals surface area contributed by atoms with Crippen LogP contribution in [-0.2, 0) is 16.1 Å². The standard InChI is InChI=1S/C26H34N2O5/c1-5-6-16-28-23(29)15-14-20(24(28)19-11-7-8-12-21(19)31-2)26(30)27-17-18-10-9-13-22(32-3)25(18)33-4/h7-13,20,24H,5-6,14-17H2,1-4H3,(H,27,30). The highest BCUT2D eigenvalue weighted by atomic mass is 16.5. The molecule has 1 heterocycles. The first-order valence-electron chi connectivity index (χ1n) is 11.5. The van der Waals surface area contributed by atoms with Crippen molar-refractivity contribution in [3.8, 4) is 17.2 Å². The summed E-state index contributed by atoms with van der Waals surface area (Å²) < 4.78 is 16.5. The van der Waals surface area contributed by atoms with Gasteiger partial charge in [-0.3, -0.25) is 9.59 Å². The number of carbonyl (C=O) groups excluding carboxylic acids is 2. The number of para-hydroxylation sites is 2. The molecule has 2 unspecified atom stereocenters. The van der Waals surface area contributed by atoms with Crippen molar-refractivity contribution in [1.82, 2.24) is 10.2 Å². The molecule has 0 radical (unpaired) electrons. The number of amides is 2. The highest BCUT2D eigenvalue weighted by Crippen LogP contribution is 2.41. The number of nitrogens with one attached hydrogen (secondary N) is 1. The van der Waals surface area contributed by atoms with Crippen LogP contribution in [0.4, 0.5) is 0 Å². The van der Waals surface area contributed by atoms with Crippen LogP contribution in [0.5, 0.6) is 17.2 Å². The molecule has 178 valence electrons. The van der Waals surface area contributed by atoms with Gasteiger partial charge in [0.1, 0.15) is 5.75 Å². The maximum absolute atomic E-state index is 13.5. The Kier molecular flexibility index (Phi) is 8.58. The van der Waals surface area contributed by atoms with Crippen LogP contribution in [0.3, 0.4) is 0 Å². The molecular formula is C26H34N2O5. The van der Waals surface area contributed by atoms with Crippen molar-refractivity contribution >= 4 is 11.8 Å². The third kappa shape index (κ3) is 5.41. The molecule has 0 bridgehead atoms. The summed E-state index contributed by atoms with van der Waals surface area (Å²) in [6, 6.07) is 12.9. The molecule has 1 aliphatic rings. The minimum absolute atomic E-state index is 0.0814. The summed E-state index contributed by atoms with van der Waals surface area (Å²) in [5.74, 6) is 1.51. The molecule has 2 aromatic rings. The maximum Gasteiger partial charge on any atom is 0.225 e. The Bertz CT molecular complexity index is 961. The van der Waals surface area contributed by atoms with Crippen LogP contribution in [0.25, 0.3) is 0 Å². The Balaban J connectivity index is 1.89. The molecule has 2 amide bonds. The fraction of sp³-hybridized carbons (Fsp3) is 0.462. The van der Waals surface area contributed by atoms with Crippen molar-refractivity contribution < 1.29 is 23.8 Å². The van der Waals surface area contributed by atoms with E-state index in [9.17, 15) is 9.59 Å². The predicted molar refractivity (Wildman–Crippen MR) is 126 cm³/mol. The summed E-state index contributed by atoms with van der Waals surface area (Å²) in [7, 11) is 4.78. The zero-order chi connectivity index (χ0) is 23.8. The lowest BCUT2D eigenvalue weighted by Gasteiger charge is -2.41. The van der Waals surface area contributed by atoms with Gasteiger partial charge in [-0.2, -0.15) is 0 Å². The summed E-state index contributed by atoms with van der Waals surface area (Å²) in [6.07, 6.45) is 2.70. The smallest absolute Gasteiger partial charge is 0.225 e. The highest BCUT2D eigenvalue weighted by Gasteiger charge is 2.41. The average Bonchev–Trinajstić information content (AvgIpc) is 2.85. The SMILES string of the molecule is CCCCN1C(=O)CCC(C(=O)NCc2cccc(OC)c2OC)C1c1ccccc1OC. The number of likely N-dealkylation sites (tertiary alicyclic amines) is 1. The topological polar surface area (TPSA) is 77.1 Å². The summed E-state index contributed by atoms with van der Waals surface area (Å²) in [4.78, 5) is 28.2. The van der Waals surface area contributed by atoms with E-state index >= 15 is 0 Å². The van der Waals surface area contributed by atoms with Gasteiger partial charge in [0.2, 0.25) is 11.8 Å². The molecule has 7 heteroatoms. The minimum Gasteiger partial charge on any atom is -0.496 e. The van der Waals surface area contributed by atoms with Crippen LogP contribution in [-0.4, -0.2) is 44.6 Å². The zero-order valence-electron chi connectivity index (χ0n) is 19.9. The van der Waals surface area contributed by atoms with Crippen molar-refractivity contribution in [3.05, 3.63) is 53.6 Å². The molecule has 0 aliphatic carbocycles. The van der Waals surface area contributed by atoms with Gasteiger partial charge in [-0.1, -0.05) is 43.7 Å². The second-order valence-electron chi connectivity index (χ2n) is 8.14. The number of ether oxygens (including phenoxy) is 3. The Morgan fingerprint density at radius 1 is 1.03 bits per heavy atom. The van der Waals surface area contributed by atoms with Gasteiger partial charge in [0.05, 0.1) is 33.3 Å². The van der Waals surface area contributed by atoms with E-state index in [4.69, 9.17) is 14.2 Å². The minimum atomic E-state index is -0.382. The molecule has 2 aromatic carbocycles.